The molecule has 1 fully saturated rings. The monoisotopic (exact) mass is 296 g/mol. The summed E-state index contributed by atoms with van der Waals surface area (Å²) in [4.78, 5) is 19.1. The molecule has 0 aromatic heterocycles. The molecule has 0 N–H and O–H groups in total. The molecule has 2 heterocycles. The van der Waals surface area contributed by atoms with Crippen LogP contribution in [0.25, 0.3) is 0 Å². The van der Waals surface area contributed by atoms with E-state index in [-0.39, 0.29) is 22.9 Å². The molecule has 1 amide bonds. The van der Waals surface area contributed by atoms with Crippen LogP contribution in [0.5, 0.6) is 0 Å². The Morgan fingerprint density at radius 2 is 2.15 bits per heavy atom. The van der Waals surface area contributed by atoms with E-state index in [1.165, 1.54) is 12.1 Å². The Bertz CT molecular complexity index is 550. The van der Waals surface area contributed by atoms with Gasteiger partial charge in [0, 0.05) is 19.5 Å². The number of nitrogens with zero attached hydrogens (tertiary/aromatic N) is 2. The van der Waals surface area contributed by atoms with Gasteiger partial charge in [0.1, 0.15) is 5.82 Å². The first kappa shape index (κ1) is 13.4. The van der Waals surface area contributed by atoms with Crippen molar-refractivity contribution in [3.63, 3.8) is 0 Å². The average molecular weight is 297 g/mol. The van der Waals surface area contributed by atoms with Crippen molar-refractivity contribution in [2.24, 2.45) is 5.16 Å². The van der Waals surface area contributed by atoms with Crippen LogP contribution >= 0.6 is 11.6 Å². The molecule has 0 saturated carbocycles. The van der Waals surface area contributed by atoms with Gasteiger partial charge in [0.2, 0.25) is 6.10 Å². The molecule has 1 aromatic carbocycles. The SMILES string of the molecule is O=C(C1CC(c2c(F)cccc2Cl)=NO1)N1CCCC1. The lowest BCUT2D eigenvalue weighted by Gasteiger charge is -2.18. The minimum absolute atomic E-state index is 0.0753. The van der Waals surface area contributed by atoms with Gasteiger partial charge in [-0.25, -0.2) is 4.39 Å². The minimum atomic E-state index is -0.654. The second-order valence-corrected chi connectivity index (χ2v) is 5.37. The largest absolute Gasteiger partial charge is 0.382 e. The summed E-state index contributed by atoms with van der Waals surface area (Å²) in [6.07, 6.45) is 1.64. The molecule has 106 valence electrons. The summed E-state index contributed by atoms with van der Waals surface area (Å²) < 4.78 is 13.8. The van der Waals surface area contributed by atoms with Crippen molar-refractivity contribution < 1.29 is 14.0 Å². The van der Waals surface area contributed by atoms with Gasteiger partial charge in [0.25, 0.3) is 5.91 Å². The van der Waals surface area contributed by atoms with Crippen LogP contribution in [0, 0.1) is 5.82 Å². The molecule has 2 aliphatic heterocycles. The Kier molecular flexibility index (Phi) is 3.61. The quantitative estimate of drug-likeness (QED) is 0.842. The Labute approximate surface area is 121 Å². The van der Waals surface area contributed by atoms with E-state index in [1.807, 2.05) is 0 Å². The highest BCUT2D eigenvalue weighted by Gasteiger charge is 2.34. The highest BCUT2D eigenvalue weighted by atomic mass is 35.5. The number of benzene rings is 1. The molecule has 4 nitrogen and oxygen atoms in total. The number of amides is 1. The molecular formula is C14H14ClFN2O2. The van der Waals surface area contributed by atoms with E-state index in [4.69, 9.17) is 16.4 Å². The van der Waals surface area contributed by atoms with E-state index in [0.29, 0.717) is 5.71 Å². The highest BCUT2D eigenvalue weighted by molar-refractivity contribution is 6.34. The van der Waals surface area contributed by atoms with Gasteiger partial charge in [0.15, 0.2) is 0 Å². The smallest absolute Gasteiger partial charge is 0.266 e. The van der Waals surface area contributed by atoms with Crippen molar-refractivity contribution >= 4 is 23.2 Å². The Balaban J connectivity index is 1.74. The summed E-state index contributed by atoms with van der Waals surface area (Å²) in [5.41, 5.74) is 0.622. The van der Waals surface area contributed by atoms with Crippen molar-refractivity contribution in [3.8, 4) is 0 Å². The number of hydrogen-bond acceptors (Lipinski definition) is 3. The lowest BCUT2D eigenvalue weighted by atomic mass is 10.0. The lowest BCUT2D eigenvalue weighted by molar-refractivity contribution is -0.140. The summed E-state index contributed by atoms with van der Waals surface area (Å²) >= 11 is 5.99. The molecular weight excluding hydrogens is 283 g/mol. The molecule has 1 unspecified atom stereocenters. The summed E-state index contributed by atoms with van der Waals surface area (Å²) in [6.45, 7) is 1.52. The standard InChI is InChI=1S/C14H14ClFN2O2/c15-9-4-3-5-10(16)13(9)11-8-12(20-17-11)14(19)18-6-1-2-7-18/h3-5,12H,1-2,6-8H2. The molecule has 1 aromatic rings. The molecule has 0 bridgehead atoms. The Morgan fingerprint density at radius 3 is 2.85 bits per heavy atom. The molecule has 2 aliphatic rings. The van der Waals surface area contributed by atoms with Gasteiger partial charge in [0.05, 0.1) is 16.3 Å². The maximum absolute atomic E-state index is 13.8. The minimum Gasteiger partial charge on any atom is -0.382 e. The van der Waals surface area contributed by atoms with E-state index >= 15 is 0 Å². The van der Waals surface area contributed by atoms with Crippen LogP contribution in [0.4, 0.5) is 4.39 Å². The second kappa shape index (κ2) is 5.40. The van der Waals surface area contributed by atoms with Gasteiger partial charge in [-0.05, 0) is 25.0 Å². The lowest BCUT2D eigenvalue weighted by Crippen LogP contribution is -2.37. The van der Waals surface area contributed by atoms with E-state index in [9.17, 15) is 9.18 Å². The van der Waals surface area contributed by atoms with Crippen molar-refractivity contribution in [1.82, 2.24) is 4.90 Å². The van der Waals surface area contributed by atoms with Crippen LogP contribution in [0.2, 0.25) is 5.02 Å². The van der Waals surface area contributed by atoms with Gasteiger partial charge in [-0.1, -0.05) is 22.8 Å². The second-order valence-electron chi connectivity index (χ2n) is 4.97. The Hall–Kier alpha value is -1.62. The molecule has 1 atom stereocenters. The first-order valence-corrected chi connectivity index (χ1v) is 7.00. The molecule has 0 aliphatic carbocycles. The number of oxime groups is 1. The number of halogens is 2. The van der Waals surface area contributed by atoms with Gasteiger partial charge >= 0.3 is 0 Å². The number of rotatable bonds is 2. The molecule has 20 heavy (non-hydrogen) atoms. The maximum Gasteiger partial charge on any atom is 0.266 e. The maximum atomic E-state index is 13.8. The van der Waals surface area contributed by atoms with Crippen molar-refractivity contribution in [1.29, 1.82) is 0 Å². The van der Waals surface area contributed by atoms with E-state index in [1.54, 1.807) is 11.0 Å². The number of carbonyl (C=O) groups excluding carboxylic acids is 1. The zero-order valence-electron chi connectivity index (χ0n) is 10.8. The normalized spacial score (nSPS) is 21.8. The summed E-state index contributed by atoms with van der Waals surface area (Å²) in [5.74, 6) is -0.525. The number of hydrogen-bond donors (Lipinski definition) is 0. The van der Waals surface area contributed by atoms with Crippen LogP contribution < -0.4 is 0 Å². The topological polar surface area (TPSA) is 41.9 Å². The van der Waals surface area contributed by atoms with Gasteiger partial charge < -0.3 is 9.74 Å². The average Bonchev–Trinajstić information content (AvgIpc) is 3.09. The summed E-state index contributed by atoms with van der Waals surface area (Å²) in [5, 5.41) is 4.13. The first-order chi connectivity index (χ1) is 9.66. The van der Waals surface area contributed by atoms with Crippen molar-refractivity contribution in [3.05, 3.63) is 34.6 Å². The van der Waals surface area contributed by atoms with Crippen LogP contribution in [0.1, 0.15) is 24.8 Å². The fourth-order valence-electron chi connectivity index (χ4n) is 2.57. The first-order valence-electron chi connectivity index (χ1n) is 6.62. The van der Waals surface area contributed by atoms with Crippen LogP contribution in [0.15, 0.2) is 23.4 Å². The van der Waals surface area contributed by atoms with E-state index in [2.05, 4.69) is 5.16 Å². The van der Waals surface area contributed by atoms with Gasteiger partial charge in [-0.2, -0.15) is 0 Å². The third kappa shape index (κ3) is 2.38. The summed E-state index contributed by atoms with van der Waals surface area (Å²) in [7, 11) is 0. The van der Waals surface area contributed by atoms with Gasteiger partial charge in [-0.3, -0.25) is 4.79 Å². The van der Waals surface area contributed by atoms with Crippen molar-refractivity contribution in [2.45, 2.75) is 25.4 Å². The molecule has 1 saturated heterocycles. The summed E-state index contributed by atoms with van der Waals surface area (Å²) in [6, 6.07) is 4.45. The fraction of sp³-hybridized carbons (Fsp3) is 0.429. The molecule has 6 heteroatoms. The molecule has 3 rings (SSSR count). The van der Waals surface area contributed by atoms with Crippen LogP contribution in [-0.2, 0) is 9.63 Å². The Morgan fingerprint density at radius 1 is 1.40 bits per heavy atom. The van der Waals surface area contributed by atoms with E-state index in [0.717, 1.165) is 25.9 Å². The van der Waals surface area contributed by atoms with Crippen molar-refractivity contribution in [2.75, 3.05) is 13.1 Å². The third-order valence-electron chi connectivity index (χ3n) is 3.61. The zero-order chi connectivity index (χ0) is 14.1. The number of carbonyl (C=O) groups is 1. The van der Waals surface area contributed by atoms with Crippen LogP contribution in [0.3, 0.4) is 0 Å². The fourth-order valence-corrected chi connectivity index (χ4v) is 2.84. The molecule has 0 spiro atoms. The zero-order valence-corrected chi connectivity index (χ0v) is 11.6. The van der Waals surface area contributed by atoms with Gasteiger partial charge in [-0.15, -0.1) is 0 Å². The van der Waals surface area contributed by atoms with Crippen LogP contribution in [-0.4, -0.2) is 35.7 Å². The van der Waals surface area contributed by atoms with E-state index < -0.39 is 11.9 Å². The molecule has 0 radical (unpaired) electrons. The predicted octanol–water partition coefficient (Wildman–Crippen LogP) is 2.59. The predicted molar refractivity (Wildman–Crippen MR) is 73.3 cm³/mol. The highest BCUT2D eigenvalue weighted by Crippen LogP contribution is 2.26. The number of likely N-dealkylation sites (tertiary alicyclic amines) is 1. The third-order valence-corrected chi connectivity index (χ3v) is 3.93.